The molecule has 0 saturated heterocycles. The average molecular weight is 433 g/mol. The molecule has 0 bridgehead atoms. The van der Waals surface area contributed by atoms with Crippen molar-refractivity contribution in [1.82, 2.24) is 15.2 Å². The van der Waals surface area contributed by atoms with Gasteiger partial charge in [0.2, 0.25) is 5.91 Å². The number of anilines is 2. The summed E-state index contributed by atoms with van der Waals surface area (Å²) in [5.74, 6) is 0.397. The lowest BCUT2D eigenvalue weighted by molar-refractivity contribution is -0.114. The van der Waals surface area contributed by atoms with Crippen LogP contribution < -0.4 is 15.4 Å². The molecule has 4 aromatic rings. The molecule has 2 heterocycles. The SMILES string of the molecule is COc1ccc2c(c1)CCc1c-2n[nH]c1C(=O)Nc1ccc2sc(NC(C)=O)nc2c1. The second-order valence-corrected chi connectivity index (χ2v) is 8.32. The highest BCUT2D eigenvalue weighted by atomic mass is 32.1. The molecule has 9 heteroatoms. The molecular formula is C22H19N5O3S. The number of rotatable bonds is 4. The van der Waals surface area contributed by atoms with Gasteiger partial charge in [0, 0.05) is 23.7 Å². The Morgan fingerprint density at radius 1 is 1.13 bits per heavy atom. The molecule has 0 saturated carbocycles. The van der Waals surface area contributed by atoms with Gasteiger partial charge in [0.25, 0.3) is 5.91 Å². The molecule has 31 heavy (non-hydrogen) atoms. The third-order valence-electron chi connectivity index (χ3n) is 5.23. The van der Waals surface area contributed by atoms with E-state index in [2.05, 4.69) is 25.8 Å². The van der Waals surface area contributed by atoms with Gasteiger partial charge in [0.15, 0.2) is 5.13 Å². The summed E-state index contributed by atoms with van der Waals surface area (Å²) in [5.41, 5.74) is 5.71. The molecule has 0 radical (unpaired) electrons. The molecular weight excluding hydrogens is 414 g/mol. The van der Waals surface area contributed by atoms with E-state index in [4.69, 9.17) is 4.74 Å². The van der Waals surface area contributed by atoms with E-state index >= 15 is 0 Å². The van der Waals surface area contributed by atoms with Crippen molar-refractivity contribution in [3.8, 4) is 17.0 Å². The molecule has 2 aromatic carbocycles. The number of nitrogens with zero attached hydrogens (tertiary/aromatic N) is 2. The number of fused-ring (bicyclic) bond motifs is 4. The molecule has 5 rings (SSSR count). The van der Waals surface area contributed by atoms with E-state index in [0.29, 0.717) is 22.0 Å². The molecule has 0 spiro atoms. The monoisotopic (exact) mass is 433 g/mol. The summed E-state index contributed by atoms with van der Waals surface area (Å²) in [6.45, 7) is 1.44. The summed E-state index contributed by atoms with van der Waals surface area (Å²) in [6, 6.07) is 11.4. The number of aryl methyl sites for hydroxylation is 1. The van der Waals surface area contributed by atoms with Crippen molar-refractivity contribution < 1.29 is 14.3 Å². The van der Waals surface area contributed by atoms with Gasteiger partial charge in [0.1, 0.15) is 11.4 Å². The molecule has 2 aromatic heterocycles. The molecule has 0 fully saturated rings. The highest BCUT2D eigenvalue weighted by Gasteiger charge is 2.25. The number of nitrogens with one attached hydrogen (secondary N) is 3. The van der Waals surface area contributed by atoms with Crippen LogP contribution in [-0.4, -0.2) is 34.1 Å². The van der Waals surface area contributed by atoms with Gasteiger partial charge in [-0.05, 0) is 54.8 Å². The second kappa shape index (κ2) is 7.51. The number of benzene rings is 2. The smallest absolute Gasteiger partial charge is 0.273 e. The summed E-state index contributed by atoms with van der Waals surface area (Å²) < 4.78 is 6.24. The molecule has 0 aliphatic heterocycles. The fourth-order valence-corrected chi connectivity index (χ4v) is 4.71. The molecule has 1 aliphatic rings. The van der Waals surface area contributed by atoms with Crippen LogP contribution in [0, 0.1) is 0 Å². The molecule has 0 atom stereocenters. The normalized spacial score (nSPS) is 12.2. The first-order valence-electron chi connectivity index (χ1n) is 9.76. The second-order valence-electron chi connectivity index (χ2n) is 7.29. The number of ether oxygens (including phenoxy) is 1. The summed E-state index contributed by atoms with van der Waals surface area (Å²) in [4.78, 5) is 28.6. The zero-order valence-electron chi connectivity index (χ0n) is 16.9. The Labute approximate surface area is 181 Å². The van der Waals surface area contributed by atoms with Gasteiger partial charge in [-0.1, -0.05) is 11.3 Å². The van der Waals surface area contributed by atoms with Crippen LogP contribution in [0.2, 0.25) is 0 Å². The van der Waals surface area contributed by atoms with Gasteiger partial charge in [0.05, 0.1) is 23.0 Å². The highest BCUT2D eigenvalue weighted by Crippen LogP contribution is 2.36. The Bertz CT molecular complexity index is 1340. The third kappa shape index (κ3) is 3.53. The Morgan fingerprint density at radius 2 is 2.00 bits per heavy atom. The fraction of sp³-hybridized carbons (Fsp3) is 0.182. The van der Waals surface area contributed by atoms with Crippen molar-refractivity contribution in [2.45, 2.75) is 19.8 Å². The third-order valence-corrected chi connectivity index (χ3v) is 6.19. The fourth-order valence-electron chi connectivity index (χ4n) is 3.82. The Morgan fingerprint density at radius 3 is 2.81 bits per heavy atom. The standard InChI is InChI=1S/C22H19N5O3S/c1-11(28)23-22-25-17-10-13(4-8-18(17)31-22)24-21(29)20-16-6-3-12-9-14(30-2)5-7-15(12)19(16)26-27-20/h4-5,7-10H,3,6H2,1-2H3,(H,24,29)(H,26,27)(H,23,25,28). The quantitative estimate of drug-likeness (QED) is 0.451. The summed E-state index contributed by atoms with van der Waals surface area (Å²) in [5, 5.41) is 13.5. The first-order chi connectivity index (χ1) is 15.0. The lowest BCUT2D eigenvalue weighted by Crippen LogP contribution is -2.15. The minimum atomic E-state index is -0.248. The van der Waals surface area contributed by atoms with Gasteiger partial charge in [-0.2, -0.15) is 5.10 Å². The molecule has 0 unspecified atom stereocenters. The lowest BCUT2D eigenvalue weighted by atomic mass is 9.89. The van der Waals surface area contributed by atoms with Gasteiger partial charge >= 0.3 is 0 Å². The van der Waals surface area contributed by atoms with Crippen LogP contribution in [0.15, 0.2) is 36.4 Å². The van der Waals surface area contributed by atoms with Gasteiger partial charge in [-0.25, -0.2) is 4.98 Å². The predicted molar refractivity (Wildman–Crippen MR) is 120 cm³/mol. The van der Waals surface area contributed by atoms with E-state index in [0.717, 1.165) is 45.7 Å². The van der Waals surface area contributed by atoms with Crippen molar-refractivity contribution in [1.29, 1.82) is 0 Å². The van der Waals surface area contributed by atoms with E-state index < -0.39 is 0 Å². The zero-order chi connectivity index (χ0) is 21.5. The van der Waals surface area contributed by atoms with E-state index in [1.54, 1.807) is 13.2 Å². The van der Waals surface area contributed by atoms with Gasteiger partial charge < -0.3 is 15.4 Å². The number of hydrogen-bond acceptors (Lipinski definition) is 6. The first-order valence-corrected chi connectivity index (χ1v) is 10.6. The number of aromatic amines is 1. The van der Waals surface area contributed by atoms with E-state index in [9.17, 15) is 9.59 Å². The number of aromatic nitrogens is 3. The van der Waals surface area contributed by atoms with E-state index in [-0.39, 0.29) is 11.8 Å². The molecule has 8 nitrogen and oxygen atoms in total. The van der Waals surface area contributed by atoms with Gasteiger partial charge in [-0.15, -0.1) is 0 Å². The van der Waals surface area contributed by atoms with Crippen LogP contribution in [0.4, 0.5) is 10.8 Å². The number of methoxy groups -OCH3 is 1. The van der Waals surface area contributed by atoms with Crippen molar-refractivity contribution in [3.63, 3.8) is 0 Å². The Kier molecular flexibility index (Phi) is 4.67. The van der Waals surface area contributed by atoms with Crippen LogP contribution >= 0.6 is 11.3 Å². The topological polar surface area (TPSA) is 109 Å². The van der Waals surface area contributed by atoms with Crippen LogP contribution in [-0.2, 0) is 17.6 Å². The molecule has 1 aliphatic carbocycles. The molecule has 156 valence electrons. The zero-order valence-corrected chi connectivity index (χ0v) is 17.7. The lowest BCUT2D eigenvalue weighted by Gasteiger charge is -2.17. The number of H-pyrrole nitrogens is 1. The number of hydrogen-bond donors (Lipinski definition) is 3. The number of carbonyl (C=O) groups is 2. The summed E-state index contributed by atoms with van der Waals surface area (Å²) >= 11 is 1.38. The first kappa shape index (κ1) is 19.3. The summed E-state index contributed by atoms with van der Waals surface area (Å²) in [7, 11) is 1.65. The number of carbonyl (C=O) groups excluding carboxylic acids is 2. The van der Waals surface area contributed by atoms with Crippen LogP contribution in [0.3, 0.4) is 0 Å². The summed E-state index contributed by atoms with van der Waals surface area (Å²) in [6.07, 6.45) is 1.54. The van der Waals surface area contributed by atoms with Crippen molar-refractivity contribution >= 4 is 44.2 Å². The van der Waals surface area contributed by atoms with Crippen molar-refractivity contribution in [2.24, 2.45) is 0 Å². The maximum atomic E-state index is 13.0. The minimum absolute atomic E-state index is 0.170. The Hall–Kier alpha value is -3.72. The average Bonchev–Trinajstić information content (AvgIpc) is 3.36. The number of thiazole rings is 1. The predicted octanol–water partition coefficient (Wildman–Crippen LogP) is 4.00. The van der Waals surface area contributed by atoms with Gasteiger partial charge in [-0.3, -0.25) is 14.7 Å². The van der Waals surface area contributed by atoms with Crippen molar-refractivity contribution in [3.05, 3.63) is 53.2 Å². The van der Waals surface area contributed by atoms with Crippen LogP contribution in [0.5, 0.6) is 5.75 Å². The Balaban J connectivity index is 1.40. The highest BCUT2D eigenvalue weighted by molar-refractivity contribution is 7.22. The minimum Gasteiger partial charge on any atom is -0.497 e. The largest absolute Gasteiger partial charge is 0.497 e. The maximum Gasteiger partial charge on any atom is 0.273 e. The molecule has 3 N–H and O–H groups in total. The number of amides is 2. The van der Waals surface area contributed by atoms with E-state index in [1.165, 1.54) is 18.3 Å². The van der Waals surface area contributed by atoms with Crippen LogP contribution in [0.1, 0.15) is 28.5 Å². The van der Waals surface area contributed by atoms with E-state index in [1.807, 2.05) is 30.3 Å². The maximum absolute atomic E-state index is 13.0. The molecule has 2 amide bonds. The van der Waals surface area contributed by atoms with Crippen molar-refractivity contribution in [2.75, 3.05) is 17.7 Å². The van der Waals surface area contributed by atoms with Crippen LogP contribution in [0.25, 0.3) is 21.5 Å².